The van der Waals surface area contributed by atoms with Crippen molar-refractivity contribution in [3.63, 3.8) is 0 Å². The molecule has 0 aromatic carbocycles. The minimum Gasteiger partial charge on any atom is -0.473 e. The zero-order valence-electron chi connectivity index (χ0n) is 11.3. The lowest BCUT2D eigenvalue weighted by Gasteiger charge is -2.20. The van der Waals surface area contributed by atoms with Gasteiger partial charge in [0, 0.05) is 25.7 Å². The Hall–Kier alpha value is -0.760. The molecule has 1 aromatic heterocycles. The molecule has 108 valence electrons. The fourth-order valence-electron chi connectivity index (χ4n) is 1.99. The summed E-state index contributed by atoms with van der Waals surface area (Å²) in [4.78, 5) is 2.48. The van der Waals surface area contributed by atoms with Crippen molar-refractivity contribution in [2.45, 2.75) is 31.9 Å². The van der Waals surface area contributed by atoms with Gasteiger partial charge in [-0.05, 0) is 19.4 Å². The van der Waals surface area contributed by atoms with E-state index in [1.54, 1.807) is 6.20 Å². The Kier molecular flexibility index (Phi) is 5.96. The Balaban J connectivity index is 1.50. The van der Waals surface area contributed by atoms with Crippen molar-refractivity contribution >= 4 is 11.7 Å². The van der Waals surface area contributed by atoms with E-state index < -0.39 is 6.10 Å². The Labute approximate surface area is 118 Å². The first-order chi connectivity index (χ1) is 9.29. The van der Waals surface area contributed by atoms with E-state index in [0.29, 0.717) is 12.4 Å². The van der Waals surface area contributed by atoms with Crippen molar-refractivity contribution in [1.29, 1.82) is 0 Å². The first-order valence-corrected chi connectivity index (χ1v) is 7.55. The van der Waals surface area contributed by atoms with Crippen molar-refractivity contribution < 1.29 is 9.84 Å². The van der Waals surface area contributed by atoms with E-state index in [-0.39, 0.29) is 6.61 Å². The van der Waals surface area contributed by atoms with Gasteiger partial charge in [-0.25, -0.2) is 0 Å². The summed E-state index contributed by atoms with van der Waals surface area (Å²) in [6.45, 7) is 6.04. The minimum atomic E-state index is -0.516. The van der Waals surface area contributed by atoms with Crippen LogP contribution >= 0.6 is 11.7 Å². The quantitative estimate of drug-likeness (QED) is 0.605. The molecule has 0 radical (unpaired) electrons. The first-order valence-electron chi connectivity index (χ1n) is 6.82. The van der Waals surface area contributed by atoms with Crippen LogP contribution in [0.2, 0.25) is 0 Å². The Morgan fingerprint density at radius 2 is 2.47 bits per heavy atom. The molecule has 0 bridgehead atoms. The molecular formula is C12H22N4O2S. The SMILES string of the molecule is CCN(CCNCC(O)COc1cnsn1)C1CC1. The number of nitrogens with one attached hydrogen (secondary N) is 1. The van der Waals surface area contributed by atoms with Crippen molar-refractivity contribution in [3.05, 3.63) is 6.20 Å². The minimum absolute atomic E-state index is 0.249. The highest BCUT2D eigenvalue weighted by atomic mass is 32.1. The molecule has 1 atom stereocenters. The maximum absolute atomic E-state index is 9.75. The number of hydrogen-bond acceptors (Lipinski definition) is 7. The van der Waals surface area contributed by atoms with Crippen LogP contribution in [0.25, 0.3) is 0 Å². The topological polar surface area (TPSA) is 70.5 Å². The number of likely N-dealkylation sites (N-methyl/N-ethyl adjacent to an activating group) is 1. The molecule has 2 rings (SSSR count). The lowest BCUT2D eigenvalue weighted by Crippen LogP contribution is -2.38. The van der Waals surface area contributed by atoms with Crippen LogP contribution in [-0.2, 0) is 0 Å². The van der Waals surface area contributed by atoms with E-state index in [0.717, 1.165) is 37.4 Å². The lowest BCUT2D eigenvalue weighted by atomic mass is 10.3. The highest BCUT2D eigenvalue weighted by Crippen LogP contribution is 2.25. The van der Waals surface area contributed by atoms with E-state index in [4.69, 9.17) is 4.74 Å². The number of rotatable bonds is 10. The number of aromatic nitrogens is 2. The maximum Gasteiger partial charge on any atom is 0.245 e. The Morgan fingerprint density at radius 3 is 3.11 bits per heavy atom. The van der Waals surface area contributed by atoms with Crippen LogP contribution < -0.4 is 10.1 Å². The molecule has 1 aromatic rings. The summed E-state index contributed by atoms with van der Waals surface area (Å²) in [5.41, 5.74) is 0. The molecule has 0 spiro atoms. The third-order valence-corrected chi connectivity index (χ3v) is 3.65. The van der Waals surface area contributed by atoms with Gasteiger partial charge < -0.3 is 15.2 Å². The van der Waals surface area contributed by atoms with E-state index in [2.05, 4.69) is 25.9 Å². The van der Waals surface area contributed by atoms with Gasteiger partial charge in [-0.1, -0.05) is 6.92 Å². The summed E-state index contributed by atoms with van der Waals surface area (Å²) in [7, 11) is 0. The van der Waals surface area contributed by atoms with E-state index in [1.807, 2.05) is 0 Å². The van der Waals surface area contributed by atoms with Gasteiger partial charge in [-0.2, -0.15) is 4.37 Å². The molecule has 6 nitrogen and oxygen atoms in total. The standard InChI is InChI=1S/C12H22N4O2S/c1-2-16(10-3-4-10)6-5-13-7-11(17)9-18-12-8-14-19-15-12/h8,10-11,13,17H,2-7,9H2,1H3. The molecular weight excluding hydrogens is 264 g/mol. The van der Waals surface area contributed by atoms with Crippen LogP contribution in [0.1, 0.15) is 19.8 Å². The van der Waals surface area contributed by atoms with Crippen molar-refractivity contribution in [2.24, 2.45) is 0 Å². The zero-order valence-corrected chi connectivity index (χ0v) is 12.1. The van der Waals surface area contributed by atoms with Gasteiger partial charge in [0.2, 0.25) is 5.88 Å². The van der Waals surface area contributed by atoms with Gasteiger partial charge in [0.1, 0.15) is 18.9 Å². The molecule has 0 aliphatic heterocycles. The van der Waals surface area contributed by atoms with Gasteiger partial charge in [0.05, 0.1) is 11.7 Å². The number of aliphatic hydroxyl groups is 1. The van der Waals surface area contributed by atoms with Gasteiger partial charge >= 0.3 is 0 Å². The highest BCUT2D eigenvalue weighted by molar-refractivity contribution is 6.99. The third kappa shape index (κ3) is 5.40. The van der Waals surface area contributed by atoms with Gasteiger partial charge in [-0.3, -0.25) is 4.90 Å². The molecule has 7 heteroatoms. The monoisotopic (exact) mass is 286 g/mol. The van der Waals surface area contributed by atoms with E-state index in [9.17, 15) is 5.11 Å². The van der Waals surface area contributed by atoms with Crippen molar-refractivity contribution in [3.8, 4) is 5.88 Å². The van der Waals surface area contributed by atoms with Gasteiger partial charge in [-0.15, -0.1) is 4.37 Å². The summed E-state index contributed by atoms with van der Waals surface area (Å²) >= 11 is 1.10. The van der Waals surface area contributed by atoms with Crippen LogP contribution in [-0.4, -0.2) is 63.7 Å². The molecule has 1 aliphatic rings. The van der Waals surface area contributed by atoms with Gasteiger partial charge in [0.15, 0.2) is 0 Å². The number of aliphatic hydroxyl groups excluding tert-OH is 1. The van der Waals surface area contributed by atoms with Crippen molar-refractivity contribution in [2.75, 3.05) is 32.8 Å². The third-order valence-electron chi connectivity index (χ3n) is 3.19. The molecule has 1 heterocycles. The number of nitrogens with zero attached hydrogens (tertiary/aromatic N) is 3. The van der Waals surface area contributed by atoms with Gasteiger partial charge in [0.25, 0.3) is 0 Å². The van der Waals surface area contributed by atoms with Crippen molar-refractivity contribution in [1.82, 2.24) is 19.0 Å². The van der Waals surface area contributed by atoms with Crippen LogP contribution in [0.15, 0.2) is 6.20 Å². The summed E-state index contributed by atoms with van der Waals surface area (Å²) in [6.07, 6.45) is 3.72. The van der Waals surface area contributed by atoms with Crippen LogP contribution in [0, 0.1) is 0 Å². The van der Waals surface area contributed by atoms with E-state index in [1.165, 1.54) is 12.8 Å². The molecule has 1 unspecified atom stereocenters. The molecule has 2 N–H and O–H groups in total. The number of hydrogen-bond donors (Lipinski definition) is 2. The predicted octanol–water partition coefficient (Wildman–Crippen LogP) is 0.352. The maximum atomic E-state index is 9.75. The molecule has 0 saturated heterocycles. The first kappa shape index (κ1) is 14.6. The lowest BCUT2D eigenvalue weighted by molar-refractivity contribution is 0.103. The molecule has 1 aliphatic carbocycles. The fourth-order valence-corrected chi connectivity index (χ4v) is 2.35. The molecule has 1 saturated carbocycles. The normalized spacial score (nSPS) is 16.8. The van der Waals surface area contributed by atoms with E-state index >= 15 is 0 Å². The Bertz CT molecular complexity index is 346. The summed E-state index contributed by atoms with van der Waals surface area (Å²) < 4.78 is 13.0. The fraction of sp³-hybridized carbons (Fsp3) is 0.833. The summed E-state index contributed by atoms with van der Waals surface area (Å²) in [6, 6.07) is 0.803. The predicted molar refractivity (Wildman–Crippen MR) is 74.5 cm³/mol. The van der Waals surface area contributed by atoms with Crippen LogP contribution in [0.3, 0.4) is 0 Å². The summed E-state index contributed by atoms with van der Waals surface area (Å²) in [5.74, 6) is 0.481. The number of ether oxygens (including phenoxy) is 1. The summed E-state index contributed by atoms with van der Waals surface area (Å²) in [5, 5.41) is 13.0. The average Bonchev–Trinajstić information content (AvgIpc) is 3.12. The largest absolute Gasteiger partial charge is 0.473 e. The molecule has 0 amide bonds. The molecule has 19 heavy (non-hydrogen) atoms. The average molecular weight is 286 g/mol. The zero-order chi connectivity index (χ0) is 13.5. The smallest absolute Gasteiger partial charge is 0.245 e. The highest BCUT2D eigenvalue weighted by Gasteiger charge is 2.26. The second-order valence-electron chi connectivity index (χ2n) is 4.77. The second-order valence-corrected chi connectivity index (χ2v) is 5.33. The Morgan fingerprint density at radius 1 is 1.63 bits per heavy atom. The molecule has 1 fully saturated rings. The van der Waals surface area contributed by atoms with Crippen LogP contribution in [0.4, 0.5) is 0 Å². The second kappa shape index (κ2) is 7.74. The van der Waals surface area contributed by atoms with Crippen LogP contribution in [0.5, 0.6) is 5.88 Å².